The Morgan fingerprint density at radius 2 is 1.88 bits per heavy atom. The SMILES string of the molecule is CCOC(=O)c1cccc(OC(C)C(=O)Nc2ccccc2OC)c1. The van der Waals surface area contributed by atoms with Gasteiger partial charge in [-0.3, -0.25) is 4.79 Å². The number of hydrogen-bond donors (Lipinski definition) is 1. The minimum Gasteiger partial charge on any atom is -0.495 e. The molecule has 0 fully saturated rings. The first-order chi connectivity index (χ1) is 12.0. The second-order valence-corrected chi connectivity index (χ2v) is 5.20. The molecular weight excluding hydrogens is 322 g/mol. The van der Waals surface area contributed by atoms with E-state index >= 15 is 0 Å². The third-order valence-corrected chi connectivity index (χ3v) is 3.39. The second kappa shape index (κ2) is 8.73. The van der Waals surface area contributed by atoms with Gasteiger partial charge in [0, 0.05) is 0 Å². The molecule has 2 rings (SSSR count). The van der Waals surface area contributed by atoms with Gasteiger partial charge in [-0.15, -0.1) is 0 Å². The van der Waals surface area contributed by atoms with E-state index in [0.717, 1.165) is 0 Å². The van der Waals surface area contributed by atoms with Crippen LogP contribution in [0.4, 0.5) is 5.69 Å². The van der Waals surface area contributed by atoms with Gasteiger partial charge in [-0.1, -0.05) is 18.2 Å². The third kappa shape index (κ3) is 4.97. The van der Waals surface area contributed by atoms with Crippen LogP contribution in [-0.4, -0.2) is 31.7 Å². The average Bonchev–Trinajstić information content (AvgIpc) is 2.62. The van der Waals surface area contributed by atoms with E-state index in [1.54, 1.807) is 56.3 Å². The summed E-state index contributed by atoms with van der Waals surface area (Å²) in [6.07, 6.45) is -0.762. The molecule has 132 valence electrons. The minimum absolute atomic E-state index is 0.293. The zero-order valence-corrected chi connectivity index (χ0v) is 14.4. The van der Waals surface area contributed by atoms with Crippen molar-refractivity contribution in [2.24, 2.45) is 0 Å². The first-order valence-electron chi connectivity index (χ1n) is 7.93. The van der Waals surface area contributed by atoms with Crippen molar-refractivity contribution in [3.63, 3.8) is 0 Å². The number of para-hydroxylation sites is 2. The second-order valence-electron chi connectivity index (χ2n) is 5.20. The fourth-order valence-electron chi connectivity index (χ4n) is 2.15. The molecule has 1 unspecified atom stereocenters. The molecular formula is C19H21NO5. The molecule has 0 aliphatic heterocycles. The van der Waals surface area contributed by atoms with E-state index in [0.29, 0.717) is 29.4 Å². The highest BCUT2D eigenvalue weighted by molar-refractivity contribution is 5.95. The summed E-state index contributed by atoms with van der Waals surface area (Å²) < 4.78 is 15.8. The highest BCUT2D eigenvalue weighted by Gasteiger charge is 2.17. The van der Waals surface area contributed by atoms with Crippen molar-refractivity contribution in [3.05, 3.63) is 54.1 Å². The summed E-state index contributed by atoms with van der Waals surface area (Å²) in [4.78, 5) is 24.1. The van der Waals surface area contributed by atoms with Gasteiger partial charge in [-0.2, -0.15) is 0 Å². The number of esters is 1. The molecule has 0 saturated carbocycles. The van der Waals surface area contributed by atoms with Crippen molar-refractivity contribution in [1.29, 1.82) is 0 Å². The molecule has 0 bridgehead atoms. The van der Waals surface area contributed by atoms with E-state index in [4.69, 9.17) is 14.2 Å². The maximum atomic E-state index is 12.3. The van der Waals surface area contributed by atoms with Gasteiger partial charge in [0.05, 0.1) is 25.0 Å². The van der Waals surface area contributed by atoms with Crippen LogP contribution in [0.15, 0.2) is 48.5 Å². The van der Waals surface area contributed by atoms with Crippen molar-refractivity contribution in [1.82, 2.24) is 0 Å². The summed E-state index contributed by atoms with van der Waals surface area (Å²) in [5, 5.41) is 2.76. The summed E-state index contributed by atoms with van der Waals surface area (Å²) in [6, 6.07) is 13.6. The Bertz CT molecular complexity index is 744. The van der Waals surface area contributed by atoms with Crippen LogP contribution in [0.1, 0.15) is 24.2 Å². The van der Waals surface area contributed by atoms with Crippen LogP contribution >= 0.6 is 0 Å². The van der Waals surface area contributed by atoms with Gasteiger partial charge in [-0.05, 0) is 44.2 Å². The number of nitrogens with one attached hydrogen (secondary N) is 1. The molecule has 0 heterocycles. The van der Waals surface area contributed by atoms with E-state index in [9.17, 15) is 9.59 Å². The van der Waals surface area contributed by atoms with Crippen LogP contribution in [-0.2, 0) is 9.53 Å². The van der Waals surface area contributed by atoms with Crippen molar-refractivity contribution < 1.29 is 23.8 Å². The number of benzene rings is 2. The van der Waals surface area contributed by atoms with Crippen LogP contribution in [0.25, 0.3) is 0 Å². The summed E-state index contributed by atoms with van der Waals surface area (Å²) >= 11 is 0. The largest absolute Gasteiger partial charge is 0.495 e. The van der Waals surface area contributed by atoms with E-state index in [-0.39, 0.29) is 5.91 Å². The molecule has 0 radical (unpaired) electrons. The average molecular weight is 343 g/mol. The number of amides is 1. The summed E-state index contributed by atoms with van der Waals surface area (Å²) in [5.41, 5.74) is 0.933. The number of rotatable bonds is 7. The lowest BCUT2D eigenvalue weighted by molar-refractivity contribution is -0.122. The predicted molar refractivity (Wildman–Crippen MR) is 94.1 cm³/mol. The predicted octanol–water partition coefficient (Wildman–Crippen LogP) is 3.28. The van der Waals surface area contributed by atoms with Crippen molar-refractivity contribution >= 4 is 17.6 Å². The van der Waals surface area contributed by atoms with Crippen molar-refractivity contribution in [3.8, 4) is 11.5 Å². The summed E-state index contributed by atoms with van der Waals surface area (Å²) in [7, 11) is 1.53. The van der Waals surface area contributed by atoms with Gasteiger partial charge in [0.2, 0.25) is 0 Å². The Morgan fingerprint density at radius 3 is 2.60 bits per heavy atom. The zero-order chi connectivity index (χ0) is 18.2. The lowest BCUT2D eigenvalue weighted by atomic mass is 10.2. The van der Waals surface area contributed by atoms with Crippen LogP contribution in [0.2, 0.25) is 0 Å². The van der Waals surface area contributed by atoms with Crippen molar-refractivity contribution in [2.45, 2.75) is 20.0 Å². The summed E-state index contributed by atoms with van der Waals surface area (Å²) in [6.45, 7) is 3.66. The maximum absolute atomic E-state index is 12.3. The highest BCUT2D eigenvalue weighted by atomic mass is 16.5. The molecule has 0 spiro atoms. The first kappa shape index (κ1) is 18.3. The maximum Gasteiger partial charge on any atom is 0.338 e. The Morgan fingerprint density at radius 1 is 1.12 bits per heavy atom. The fourth-order valence-corrected chi connectivity index (χ4v) is 2.15. The molecule has 25 heavy (non-hydrogen) atoms. The number of anilines is 1. The number of hydrogen-bond acceptors (Lipinski definition) is 5. The smallest absolute Gasteiger partial charge is 0.338 e. The van der Waals surface area contributed by atoms with E-state index in [1.807, 2.05) is 6.07 Å². The molecule has 0 aliphatic carbocycles. The third-order valence-electron chi connectivity index (χ3n) is 3.39. The number of carbonyl (C=O) groups excluding carboxylic acids is 2. The summed E-state index contributed by atoms with van der Waals surface area (Å²) in [5.74, 6) is 0.214. The lowest BCUT2D eigenvalue weighted by Gasteiger charge is -2.16. The zero-order valence-electron chi connectivity index (χ0n) is 14.4. The molecule has 0 aromatic heterocycles. The van der Waals surface area contributed by atoms with Gasteiger partial charge in [0.25, 0.3) is 5.91 Å². The molecule has 0 aliphatic rings. The molecule has 6 nitrogen and oxygen atoms in total. The normalized spacial score (nSPS) is 11.3. The topological polar surface area (TPSA) is 73.9 Å². The van der Waals surface area contributed by atoms with Crippen LogP contribution in [0, 0.1) is 0 Å². The Kier molecular flexibility index (Phi) is 6.39. The minimum atomic E-state index is -0.762. The van der Waals surface area contributed by atoms with Crippen LogP contribution in [0.3, 0.4) is 0 Å². The lowest BCUT2D eigenvalue weighted by Crippen LogP contribution is -2.30. The fraction of sp³-hybridized carbons (Fsp3) is 0.263. The highest BCUT2D eigenvalue weighted by Crippen LogP contribution is 2.23. The number of methoxy groups -OCH3 is 1. The molecule has 2 aromatic carbocycles. The van der Waals surface area contributed by atoms with Gasteiger partial charge < -0.3 is 19.5 Å². The van der Waals surface area contributed by atoms with Gasteiger partial charge >= 0.3 is 5.97 Å². The quantitative estimate of drug-likeness (QED) is 0.781. The number of carbonyl (C=O) groups is 2. The van der Waals surface area contributed by atoms with Crippen LogP contribution < -0.4 is 14.8 Å². The van der Waals surface area contributed by atoms with Gasteiger partial charge in [0.1, 0.15) is 11.5 Å². The van der Waals surface area contributed by atoms with E-state index in [2.05, 4.69) is 5.32 Å². The molecule has 2 aromatic rings. The molecule has 1 N–H and O–H groups in total. The van der Waals surface area contributed by atoms with Crippen LogP contribution in [0.5, 0.6) is 11.5 Å². The van der Waals surface area contributed by atoms with E-state index in [1.165, 1.54) is 7.11 Å². The van der Waals surface area contributed by atoms with Gasteiger partial charge in [0.15, 0.2) is 6.10 Å². The molecule has 6 heteroatoms. The molecule has 1 atom stereocenters. The van der Waals surface area contributed by atoms with Crippen molar-refractivity contribution in [2.75, 3.05) is 19.0 Å². The van der Waals surface area contributed by atoms with E-state index < -0.39 is 12.1 Å². The Balaban J connectivity index is 2.04. The molecule has 0 saturated heterocycles. The molecule has 1 amide bonds. The monoisotopic (exact) mass is 343 g/mol. The Labute approximate surface area is 146 Å². The van der Waals surface area contributed by atoms with Gasteiger partial charge in [-0.25, -0.2) is 4.79 Å². The first-order valence-corrected chi connectivity index (χ1v) is 7.93. The standard InChI is InChI=1S/C19H21NO5/c1-4-24-19(22)14-8-7-9-15(12-14)25-13(2)18(21)20-16-10-5-6-11-17(16)23-3/h5-13H,4H2,1-3H3,(H,20,21). The number of ether oxygens (including phenoxy) is 3. The Hall–Kier alpha value is -3.02.